The van der Waals surface area contributed by atoms with Crippen LogP contribution in [0.2, 0.25) is 0 Å². The number of benzene rings is 1. The van der Waals surface area contributed by atoms with Crippen LogP contribution in [-0.4, -0.2) is 12.3 Å². The van der Waals surface area contributed by atoms with Gasteiger partial charge in [-0.3, -0.25) is 4.79 Å². The van der Waals surface area contributed by atoms with Crippen LogP contribution in [0.5, 0.6) is 0 Å². The number of thiophene rings is 1. The minimum Gasteiger partial charge on any atom is -0.385 e. The lowest BCUT2D eigenvalue weighted by atomic mass is 10.2. The van der Waals surface area contributed by atoms with Crippen molar-refractivity contribution in [2.45, 2.75) is 12.6 Å². The van der Waals surface area contributed by atoms with E-state index in [9.17, 15) is 18.0 Å². The van der Waals surface area contributed by atoms with Gasteiger partial charge in [-0.05, 0) is 29.6 Å². The number of hydrogen-bond donors (Lipinski definition) is 1. The maximum Gasteiger partial charge on any atom is 0.416 e. The SMILES string of the molecule is O=C(CCNc1cccc(C(F)(F)F)c1)c1cccs1. The summed E-state index contributed by atoms with van der Waals surface area (Å²) in [5.41, 5.74) is -0.342. The molecule has 0 saturated heterocycles. The molecule has 2 rings (SSSR count). The van der Waals surface area contributed by atoms with E-state index in [-0.39, 0.29) is 12.2 Å². The molecule has 0 unspecified atom stereocenters. The van der Waals surface area contributed by atoms with E-state index in [1.807, 2.05) is 5.38 Å². The average Bonchev–Trinajstić information content (AvgIpc) is 2.92. The molecule has 0 aliphatic carbocycles. The second-order valence-electron chi connectivity index (χ2n) is 4.16. The van der Waals surface area contributed by atoms with E-state index < -0.39 is 11.7 Å². The Bertz CT molecular complexity index is 578. The van der Waals surface area contributed by atoms with Crippen LogP contribution in [0.1, 0.15) is 21.7 Å². The molecule has 6 heteroatoms. The fraction of sp³-hybridized carbons (Fsp3) is 0.214. The number of ketones is 1. The molecule has 1 aromatic carbocycles. The molecule has 0 amide bonds. The van der Waals surface area contributed by atoms with Crippen molar-refractivity contribution < 1.29 is 18.0 Å². The van der Waals surface area contributed by atoms with Crippen molar-refractivity contribution in [3.63, 3.8) is 0 Å². The first kappa shape index (κ1) is 14.6. The van der Waals surface area contributed by atoms with Crippen molar-refractivity contribution in [1.29, 1.82) is 0 Å². The van der Waals surface area contributed by atoms with Gasteiger partial charge in [0.2, 0.25) is 0 Å². The highest BCUT2D eigenvalue weighted by Gasteiger charge is 2.30. The molecule has 2 nitrogen and oxygen atoms in total. The largest absolute Gasteiger partial charge is 0.416 e. The van der Waals surface area contributed by atoms with Gasteiger partial charge in [0, 0.05) is 18.7 Å². The smallest absolute Gasteiger partial charge is 0.385 e. The van der Waals surface area contributed by atoms with Crippen molar-refractivity contribution in [3.8, 4) is 0 Å². The van der Waals surface area contributed by atoms with Crippen LogP contribution in [0.15, 0.2) is 41.8 Å². The normalized spacial score (nSPS) is 11.3. The summed E-state index contributed by atoms with van der Waals surface area (Å²) in [6, 6.07) is 8.46. The Labute approximate surface area is 118 Å². The van der Waals surface area contributed by atoms with E-state index in [2.05, 4.69) is 5.32 Å². The summed E-state index contributed by atoms with van der Waals surface area (Å²) >= 11 is 1.36. The molecular formula is C14H12F3NOS. The van der Waals surface area contributed by atoms with E-state index in [0.717, 1.165) is 12.1 Å². The third kappa shape index (κ3) is 3.84. The highest BCUT2D eigenvalue weighted by atomic mass is 32.1. The molecule has 2 aromatic rings. The first-order valence-electron chi connectivity index (χ1n) is 5.94. The first-order chi connectivity index (χ1) is 9.47. The number of carbonyl (C=O) groups excluding carboxylic acids is 1. The quantitative estimate of drug-likeness (QED) is 0.826. The van der Waals surface area contributed by atoms with Crippen LogP contribution in [0.3, 0.4) is 0 Å². The number of nitrogens with one attached hydrogen (secondary N) is 1. The van der Waals surface area contributed by atoms with Gasteiger partial charge in [-0.15, -0.1) is 11.3 Å². The molecule has 0 atom stereocenters. The summed E-state index contributed by atoms with van der Waals surface area (Å²) in [4.78, 5) is 12.4. The number of anilines is 1. The molecule has 0 aliphatic rings. The van der Waals surface area contributed by atoms with Crippen molar-refractivity contribution in [2.75, 3.05) is 11.9 Å². The van der Waals surface area contributed by atoms with Crippen LogP contribution in [0.25, 0.3) is 0 Å². The molecule has 20 heavy (non-hydrogen) atoms. The number of carbonyl (C=O) groups is 1. The van der Waals surface area contributed by atoms with Gasteiger partial charge in [0.05, 0.1) is 10.4 Å². The molecule has 0 saturated carbocycles. The summed E-state index contributed by atoms with van der Waals surface area (Å²) < 4.78 is 37.6. The van der Waals surface area contributed by atoms with Crippen LogP contribution in [0.4, 0.5) is 18.9 Å². The first-order valence-corrected chi connectivity index (χ1v) is 6.82. The lowest BCUT2D eigenvalue weighted by molar-refractivity contribution is -0.137. The van der Waals surface area contributed by atoms with Gasteiger partial charge < -0.3 is 5.32 Å². The van der Waals surface area contributed by atoms with Crippen molar-refractivity contribution >= 4 is 22.8 Å². The maximum absolute atomic E-state index is 12.5. The number of halogens is 3. The molecule has 0 radical (unpaired) electrons. The zero-order valence-electron chi connectivity index (χ0n) is 10.4. The second kappa shape index (κ2) is 6.09. The van der Waals surface area contributed by atoms with Crippen molar-refractivity contribution in [3.05, 3.63) is 52.2 Å². The molecule has 1 heterocycles. The van der Waals surface area contributed by atoms with E-state index in [1.54, 1.807) is 18.2 Å². The topological polar surface area (TPSA) is 29.1 Å². The molecule has 106 valence electrons. The Kier molecular flexibility index (Phi) is 4.44. The van der Waals surface area contributed by atoms with Gasteiger partial charge in [0.15, 0.2) is 5.78 Å². The van der Waals surface area contributed by atoms with Crippen molar-refractivity contribution in [2.24, 2.45) is 0 Å². The highest BCUT2D eigenvalue weighted by Crippen LogP contribution is 2.30. The molecule has 1 aromatic heterocycles. The van der Waals surface area contributed by atoms with Gasteiger partial charge in [-0.25, -0.2) is 0 Å². The van der Waals surface area contributed by atoms with Crippen LogP contribution in [-0.2, 0) is 6.18 Å². The van der Waals surface area contributed by atoms with Gasteiger partial charge >= 0.3 is 6.18 Å². The molecule has 1 N–H and O–H groups in total. The predicted octanol–water partition coefficient (Wildman–Crippen LogP) is 4.45. The Balaban J connectivity index is 1.90. The summed E-state index contributed by atoms with van der Waals surface area (Å²) in [6.07, 6.45) is -4.11. The minimum absolute atomic E-state index is 0.0144. The highest BCUT2D eigenvalue weighted by molar-refractivity contribution is 7.12. The Morgan fingerprint density at radius 2 is 2.00 bits per heavy atom. The molecule has 0 bridgehead atoms. The third-order valence-electron chi connectivity index (χ3n) is 2.67. The lowest BCUT2D eigenvalue weighted by Gasteiger charge is -2.10. The summed E-state index contributed by atoms with van der Waals surface area (Å²) in [5, 5.41) is 4.65. The van der Waals surface area contributed by atoms with E-state index in [1.165, 1.54) is 17.4 Å². The van der Waals surface area contributed by atoms with E-state index in [0.29, 0.717) is 17.1 Å². The summed E-state index contributed by atoms with van der Waals surface area (Å²) in [6.45, 7) is 0.304. The number of Topliss-reactive ketones (excluding diaryl/α,β-unsaturated/α-hetero) is 1. The maximum atomic E-state index is 12.5. The standard InChI is InChI=1S/C14H12F3NOS/c15-14(16,17)10-3-1-4-11(9-10)18-7-6-12(19)13-5-2-8-20-13/h1-5,8-9,18H,6-7H2. The van der Waals surface area contributed by atoms with Crippen LogP contribution < -0.4 is 5.32 Å². The lowest BCUT2D eigenvalue weighted by Crippen LogP contribution is -2.09. The van der Waals surface area contributed by atoms with E-state index in [4.69, 9.17) is 0 Å². The summed E-state index contributed by atoms with van der Waals surface area (Å²) in [5.74, 6) is -0.0144. The molecule has 0 fully saturated rings. The second-order valence-corrected chi connectivity index (χ2v) is 5.10. The zero-order valence-corrected chi connectivity index (χ0v) is 11.2. The van der Waals surface area contributed by atoms with Gasteiger partial charge in [0.25, 0.3) is 0 Å². The van der Waals surface area contributed by atoms with Gasteiger partial charge in [0.1, 0.15) is 0 Å². The third-order valence-corrected chi connectivity index (χ3v) is 3.58. The monoisotopic (exact) mass is 299 g/mol. The molecular weight excluding hydrogens is 287 g/mol. The Morgan fingerprint density at radius 3 is 2.65 bits per heavy atom. The minimum atomic E-state index is -4.36. The number of alkyl halides is 3. The predicted molar refractivity (Wildman–Crippen MR) is 73.2 cm³/mol. The molecule has 0 spiro atoms. The van der Waals surface area contributed by atoms with E-state index >= 15 is 0 Å². The summed E-state index contributed by atoms with van der Waals surface area (Å²) in [7, 11) is 0. The Morgan fingerprint density at radius 1 is 1.20 bits per heavy atom. The van der Waals surface area contributed by atoms with Gasteiger partial charge in [-0.1, -0.05) is 12.1 Å². The van der Waals surface area contributed by atoms with Crippen molar-refractivity contribution in [1.82, 2.24) is 0 Å². The number of hydrogen-bond acceptors (Lipinski definition) is 3. The number of rotatable bonds is 5. The Hall–Kier alpha value is -1.82. The average molecular weight is 299 g/mol. The van der Waals surface area contributed by atoms with Gasteiger partial charge in [-0.2, -0.15) is 13.2 Å². The van der Waals surface area contributed by atoms with Crippen LogP contribution in [0, 0.1) is 0 Å². The zero-order chi connectivity index (χ0) is 14.6. The van der Waals surface area contributed by atoms with Crippen LogP contribution >= 0.6 is 11.3 Å². The fourth-order valence-corrected chi connectivity index (χ4v) is 2.38. The fourth-order valence-electron chi connectivity index (χ4n) is 1.69. The molecule has 0 aliphatic heterocycles.